The van der Waals surface area contributed by atoms with Crippen molar-refractivity contribution in [3.63, 3.8) is 0 Å². The minimum atomic E-state index is -0.429. The van der Waals surface area contributed by atoms with Crippen molar-refractivity contribution in [2.24, 2.45) is 4.99 Å². The van der Waals surface area contributed by atoms with Gasteiger partial charge in [0.2, 0.25) is 5.88 Å². The molecule has 1 saturated carbocycles. The number of hydrogen-bond acceptors (Lipinski definition) is 6. The highest BCUT2D eigenvalue weighted by Gasteiger charge is 2.40. The van der Waals surface area contributed by atoms with E-state index >= 15 is 4.39 Å². The molecule has 1 atom stereocenters. The maximum atomic E-state index is 15.5. The van der Waals surface area contributed by atoms with E-state index in [0.29, 0.717) is 35.0 Å². The van der Waals surface area contributed by atoms with Crippen molar-refractivity contribution in [3.8, 4) is 11.6 Å². The zero-order chi connectivity index (χ0) is 23.4. The zero-order valence-corrected chi connectivity index (χ0v) is 19.4. The van der Waals surface area contributed by atoms with E-state index in [0.717, 1.165) is 36.2 Å². The van der Waals surface area contributed by atoms with E-state index in [-0.39, 0.29) is 17.2 Å². The Bertz CT molecular complexity index is 1430. The summed E-state index contributed by atoms with van der Waals surface area (Å²) in [7, 11) is 0. The molecule has 174 valence electrons. The van der Waals surface area contributed by atoms with Crippen LogP contribution in [0.5, 0.6) is 11.6 Å². The predicted molar refractivity (Wildman–Crippen MR) is 127 cm³/mol. The van der Waals surface area contributed by atoms with Gasteiger partial charge in [0, 0.05) is 46.9 Å². The van der Waals surface area contributed by atoms with Crippen LogP contribution in [0.3, 0.4) is 0 Å². The number of aromatic nitrogens is 5. The quantitative estimate of drug-likeness (QED) is 0.339. The Hall–Kier alpha value is -3.59. The largest absolute Gasteiger partial charge is 0.436 e. The Morgan fingerprint density at radius 1 is 1.26 bits per heavy atom. The van der Waals surface area contributed by atoms with Gasteiger partial charge < -0.3 is 14.6 Å². The number of nitrogens with zero attached hydrogens (tertiary/aromatic N) is 5. The van der Waals surface area contributed by atoms with Crippen LogP contribution in [-0.4, -0.2) is 36.6 Å². The van der Waals surface area contributed by atoms with E-state index < -0.39 is 5.82 Å². The molecule has 9 heteroatoms. The monoisotopic (exact) mass is 459 g/mol. The van der Waals surface area contributed by atoms with Crippen LogP contribution in [0.1, 0.15) is 50.6 Å². The highest BCUT2D eigenvalue weighted by Crippen LogP contribution is 2.47. The molecule has 0 saturated heterocycles. The van der Waals surface area contributed by atoms with Gasteiger partial charge in [0.05, 0.1) is 11.2 Å². The smallest absolute Gasteiger partial charge is 0.226 e. The Morgan fingerprint density at radius 3 is 2.94 bits per heavy atom. The molecule has 1 aliphatic heterocycles. The number of halogens is 1. The van der Waals surface area contributed by atoms with Gasteiger partial charge in [-0.25, -0.2) is 19.4 Å². The van der Waals surface area contributed by atoms with Gasteiger partial charge >= 0.3 is 0 Å². The van der Waals surface area contributed by atoms with Crippen LogP contribution < -0.4 is 10.1 Å². The van der Waals surface area contributed by atoms with Crippen LogP contribution in [-0.2, 0) is 18.4 Å². The summed E-state index contributed by atoms with van der Waals surface area (Å²) in [5.41, 5.74) is 3.83. The minimum Gasteiger partial charge on any atom is -0.436 e. The lowest BCUT2D eigenvalue weighted by atomic mass is 10.0. The zero-order valence-electron chi connectivity index (χ0n) is 19.4. The molecule has 2 aliphatic rings. The number of hydrogen-bond donors (Lipinski definition) is 2. The summed E-state index contributed by atoms with van der Waals surface area (Å²) in [4.78, 5) is 13.3. The van der Waals surface area contributed by atoms with Gasteiger partial charge in [-0.15, -0.1) is 0 Å². The Labute approximate surface area is 196 Å². The summed E-state index contributed by atoms with van der Waals surface area (Å²) < 4.78 is 23.3. The Balaban J connectivity index is 1.30. The van der Waals surface area contributed by atoms with Crippen molar-refractivity contribution in [1.29, 1.82) is 0 Å². The molecule has 1 unspecified atom stereocenters. The van der Waals surface area contributed by atoms with Gasteiger partial charge in [-0.1, -0.05) is 6.92 Å². The summed E-state index contributed by atoms with van der Waals surface area (Å²) in [6, 6.07) is 7.49. The third kappa shape index (κ3) is 3.56. The second kappa shape index (κ2) is 7.73. The summed E-state index contributed by atoms with van der Waals surface area (Å²) in [5.74, 6) is 1.45. The van der Waals surface area contributed by atoms with Crippen molar-refractivity contribution in [1.82, 2.24) is 30.0 Å². The van der Waals surface area contributed by atoms with Crippen molar-refractivity contribution in [2.45, 2.75) is 58.0 Å². The average Bonchev–Trinajstić information content (AvgIpc) is 3.22. The molecule has 8 nitrogen and oxygen atoms in total. The first-order chi connectivity index (χ1) is 16.4. The number of H-pyrrole nitrogens is 1. The second-order valence-corrected chi connectivity index (χ2v) is 9.55. The normalized spacial score (nSPS) is 19.3. The average molecular weight is 460 g/mol. The Kier molecular flexibility index (Phi) is 4.77. The van der Waals surface area contributed by atoms with Gasteiger partial charge in [0.25, 0.3) is 0 Å². The molecular weight excluding hydrogens is 433 g/mol. The third-order valence-corrected chi connectivity index (χ3v) is 6.94. The van der Waals surface area contributed by atoms with Gasteiger partial charge in [-0.3, -0.25) is 5.10 Å². The number of aromatic amines is 1. The first-order valence-corrected chi connectivity index (χ1v) is 11.6. The fourth-order valence-corrected chi connectivity index (χ4v) is 4.50. The number of fused-ring (bicyclic) bond motifs is 2. The van der Waals surface area contributed by atoms with Crippen molar-refractivity contribution >= 4 is 22.6 Å². The summed E-state index contributed by atoms with van der Waals surface area (Å²) >= 11 is 0. The molecule has 3 aromatic heterocycles. The predicted octanol–water partition coefficient (Wildman–Crippen LogP) is 4.77. The molecule has 34 heavy (non-hydrogen) atoms. The second-order valence-electron chi connectivity index (χ2n) is 9.55. The van der Waals surface area contributed by atoms with Crippen LogP contribution in [0.25, 0.3) is 10.9 Å². The lowest BCUT2D eigenvalue weighted by Crippen LogP contribution is -2.33. The Morgan fingerprint density at radius 2 is 2.12 bits per heavy atom. The molecule has 0 radical (unpaired) electrons. The van der Waals surface area contributed by atoms with Crippen LogP contribution in [0.15, 0.2) is 41.8 Å². The molecule has 0 amide bonds. The van der Waals surface area contributed by atoms with E-state index in [9.17, 15) is 0 Å². The summed E-state index contributed by atoms with van der Waals surface area (Å²) in [6.07, 6.45) is 6.33. The number of benzene rings is 1. The van der Waals surface area contributed by atoms with Crippen molar-refractivity contribution < 1.29 is 9.13 Å². The molecule has 0 spiro atoms. The minimum absolute atomic E-state index is 0.140. The van der Waals surface area contributed by atoms with E-state index in [2.05, 4.69) is 44.3 Å². The highest BCUT2D eigenvalue weighted by atomic mass is 19.1. The van der Waals surface area contributed by atoms with Crippen LogP contribution in [0.2, 0.25) is 0 Å². The van der Waals surface area contributed by atoms with Crippen LogP contribution >= 0.6 is 0 Å². The summed E-state index contributed by atoms with van der Waals surface area (Å²) in [5, 5.41) is 11.3. The first kappa shape index (κ1) is 21.0. The number of aliphatic imine (C=N–C) groups is 1. The fraction of sp³-hybridized carbons (Fsp3) is 0.360. The molecule has 1 fully saturated rings. The lowest BCUT2D eigenvalue weighted by molar-refractivity contribution is 0.409. The summed E-state index contributed by atoms with van der Waals surface area (Å²) in [6.45, 7) is 6.85. The third-order valence-electron chi connectivity index (χ3n) is 6.94. The van der Waals surface area contributed by atoms with Gasteiger partial charge in [-0.2, -0.15) is 5.10 Å². The number of rotatable bonds is 4. The molecule has 4 heterocycles. The van der Waals surface area contributed by atoms with E-state index in [1.165, 1.54) is 6.33 Å². The van der Waals surface area contributed by atoms with Crippen LogP contribution in [0, 0.1) is 5.82 Å². The standard InChI is InChI=1S/C25H26FN7O/c1-14-10-17-18(12-27-14)28-13-29-24(17)34-20-5-4-19-16(23(20)26)6-9-33(19)15(2)30-22-11-21(31-32-22)25(3)7-8-25/h4-6,9,11,13-14,27H,7-8,10,12H2,1-3H3,(H,31,32). The first-order valence-electron chi connectivity index (χ1n) is 11.6. The van der Waals surface area contributed by atoms with Gasteiger partial charge in [-0.05, 0) is 51.3 Å². The van der Waals surface area contributed by atoms with Crippen molar-refractivity contribution in [3.05, 3.63) is 59.6 Å². The lowest BCUT2D eigenvalue weighted by Gasteiger charge is -2.23. The van der Waals surface area contributed by atoms with Gasteiger partial charge in [0.15, 0.2) is 17.4 Å². The van der Waals surface area contributed by atoms with E-state index in [4.69, 9.17) is 4.74 Å². The molecule has 1 aliphatic carbocycles. The fourth-order valence-electron chi connectivity index (χ4n) is 4.50. The molecule has 6 rings (SSSR count). The molecule has 4 aromatic rings. The van der Waals surface area contributed by atoms with E-state index in [1.54, 1.807) is 12.1 Å². The van der Waals surface area contributed by atoms with Gasteiger partial charge in [0.1, 0.15) is 12.2 Å². The molecule has 0 bridgehead atoms. The maximum Gasteiger partial charge on any atom is 0.226 e. The van der Waals surface area contributed by atoms with Crippen molar-refractivity contribution in [2.75, 3.05) is 0 Å². The molecule has 2 N–H and O–H groups in total. The number of ether oxygens (including phenoxy) is 1. The molecular formula is C25H26FN7O. The molecule has 1 aromatic carbocycles. The highest BCUT2D eigenvalue weighted by molar-refractivity contribution is 5.95. The van der Waals surface area contributed by atoms with E-state index in [1.807, 2.05) is 29.8 Å². The SMILES string of the molecule is CC(=Nc1cc(C2(C)CC2)[nH]n1)n1ccc2c(F)c(Oc3ncnc4c3CC(C)NC4)ccc21. The number of nitrogens with one attached hydrogen (secondary N) is 2. The van der Waals surface area contributed by atoms with Crippen LogP contribution in [0.4, 0.5) is 10.2 Å². The topological polar surface area (TPSA) is 93.0 Å². The maximum absolute atomic E-state index is 15.5.